The van der Waals surface area contributed by atoms with Crippen molar-refractivity contribution < 1.29 is 18.4 Å². The smallest absolute Gasteiger partial charge is 0.328 e. The number of aromatic nitrogens is 3. The Kier molecular flexibility index (Phi) is 6.94. The Bertz CT molecular complexity index is 1360. The average Bonchev–Trinajstić information content (AvgIpc) is 3.61. The van der Waals surface area contributed by atoms with Crippen LogP contribution in [0.25, 0.3) is 0 Å². The molecule has 12 heteroatoms. The first-order valence-corrected chi connectivity index (χ1v) is 12.8. The quantitative estimate of drug-likeness (QED) is 0.465. The number of thiazole rings is 1. The maximum Gasteiger partial charge on any atom is 0.328 e. The number of carbonyl (C=O) groups excluding carboxylic acids is 1. The summed E-state index contributed by atoms with van der Waals surface area (Å²) in [4.78, 5) is 37.0. The standard InChI is InChI=1S/C24H24ClF2N5O3S/c1-30-11-19(22(26)27)32(24(30)34)12-21(33)31-8-6-14(7-9-31)23-28-18(13-36-23)17-10-20(35-29-17)15-4-2-3-5-16(15)25/h2-5,11,13-14,20,22H,6-10,12H2,1H3. The molecule has 0 radical (unpaired) electrons. The first-order chi connectivity index (χ1) is 17.3. The minimum atomic E-state index is -2.83. The Morgan fingerprint density at radius 3 is 2.75 bits per heavy atom. The number of likely N-dealkylation sites (tertiary alicyclic amines) is 1. The summed E-state index contributed by atoms with van der Waals surface area (Å²) >= 11 is 7.85. The van der Waals surface area contributed by atoms with Crippen molar-refractivity contribution in [1.82, 2.24) is 19.0 Å². The van der Waals surface area contributed by atoms with Gasteiger partial charge in [0.15, 0.2) is 6.10 Å². The van der Waals surface area contributed by atoms with Gasteiger partial charge in [-0.25, -0.2) is 18.6 Å². The highest BCUT2D eigenvalue weighted by molar-refractivity contribution is 7.10. The van der Waals surface area contributed by atoms with Gasteiger partial charge in [-0.1, -0.05) is 35.0 Å². The number of halogens is 3. The summed E-state index contributed by atoms with van der Waals surface area (Å²) in [6.45, 7) is 0.559. The highest BCUT2D eigenvalue weighted by atomic mass is 35.5. The fourth-order valence-corrected chi connectivity index (χ4v) is 5.87. The van der Waals surface area contributed by atoms with Crippen LogP contribution in [-0.2, 0) is 23.2 Å². The number of alkyl halides is 2. The van der Waals surface area contributed by atoms with Crippen molar-refractivity contribution in [2.45, 2.75) is 44.3 Å². The third-order valence-corrected chi connectivity index (χ3v) is 7.97. The van der Waals surface area contributed by atoms with E-state index in [1.807, 2.05) is 29.6 Å². The summed E-state index contributed by atoms with van der Waals surface area (Å²) in [7, 11) is 1.39. The normalized spacial score (nSPS) is 18.5. The van der Waals surface area contributed by atoms with Gasteiger partial charge >= 0.3 is 5.69 Å². The van der Waals surface area contributed by atoms with Crippen LogP contribution in [0.2, 0.25) is 5.02 Å². The number of rotatable bonds is 6. The largest absolute Gasteiger partial charge is 0.387 e. The molecule has 1 unspecified atom stereocenters. The minimum Gasteiger partial charge on any atom is -0.387 e. The van der Waals surface area contributed by atoms with Gasteiger partial charge in [-0.15, -0.1) is 11.3 Å². The number of imidazole rings is 1. The molecule has 0 saturated carbocycles. The zero-order valence-electron chi connectivity index (χ0n) is 19.4. The van der Waals surface area contributed by atoms with Gasteiger partial charge in [0.1, 0.15) is 18.0 Å². The zero-order valence-corrected chi connectivity index (χ0v) is 21.0. The van der Waals surface area contributed by atoms with Gasteiger partial charge in [0.25, 0.3) is 6.43 Å². The van der Waals surface area contributed by atoms with Crippen LogP contribution in [0.5, 0.6) is 0 Å². The molecule has 1 atom stereocenters. The third kappa shape index (κ3) is 4.81. The summed E-state index contributed by atoms with van der Waals surface area (Å²) in [6, 6.07) is 7.54. The molecule has 1 aromatic carbocycles. The van der Waals surface area contributed by atoms with Crippen LogP contribution >= 0.6 is 22.9 Å². The van der Waals surface area contributed by atoms with Crippen LogP contribution in [0.4, 0.5) is 8.78 Å². The number of nitrogens with zero attached hydrogens (tertiary/aromatic N) is 5. The molecule has 2 aromatic heterocycles. The van der Waals surface area contributed by atoms with Crippen molar-refractivity contribution in [3.05, 3.63) is 73.3 Å². The van der Waals surface area contributed by atoms with Gasteiger partial charge in [-0.2, -0.15) is 0 Å². The maximum atomic E-state index is 13.3. The summed E-state index contributed by atoms with van der Waals surface area (Å²) < 4.78 is 28.5. The second kappa shape index (κ2) is 10.1. The second-order valence-electron chi connectivity index (χ2n) is 8.92. The fraction of sp³-hybridized carbons (Fsp3) is 0.417. The summed E-state index contributed by atoms with van der Waals surface area (Å²) in [5, 5.41) is 7.82. The maximum absolute atomic E-state index is 13.3. The van der Waals surface area contributed by atoms with E-state index in [9.17, 15) is 18.4 Å². The SMILES string of the molecule is Cn1cc(C(F)F)n(CC(=O)N2CCC(c3nc(C4=NOC(c5ccccc5Cl)C4)cs3)CC2)c1=O. The Morgan fingerprint density at radius 1 is 1.28 bits per heavy atom. The number of piperidine rings is 1. The Morgan fingerprint density at radius 2 is 2.03 bits per heavy atom. The van der Waals surface area contributed by atoms with Crippen molar-refractivity contribution in [2.75, 3.05) is 13.1 Å². The van der Waals surface area contributed by atoms with E-state index in [0.29, 0.717) is 37.4 Å². The number of oxime groups is 1. The van der Waals surface area contributed by atoms with Gasteiger partial charge in [0.2, 0.25) is 5.91 Å². The van der Waals surface area contributed by atoms with Crippen molar-refractivity contribution in [2.24, 2.45) is 12.2 Å². The van der Waals surface area contributed by atoms with Crippen molar-refractivity contribution >= 4 is 34.6 Å². The van der Waals surface area contributed by atoms with Gasteiger partial charge in [-0.05, 0) is 18.9 Å². The van der Waals surface area contributed by atoms with Crippen LogP contribution in [0.15, 0.2) is 45.8 Å². The van der Waals surface area contributed by atoms with Crippen LogP contribution in [0, 0.1) is 0 Å². The predicted molar refractivity (Wildman–Crippen MR) is 132 cm³/mol. The molecular weight excluding hydrogens is 512 g/mol. The molecule has 0 spiro atoms. The molecule has 0 bridgehead atoms. The number of benzene rings is 1. The van der Waals surface area contributed by atoms with Crippen molar-refractivity contribution in [3.63, 3.8) is 0 Å². The lowest BCUT2D eigenvalue weighted by Crippen LogP contribution is -2.41. The van der Waals surface area contributed by atoms with E-state index in [0.717, 1.165) is 37.3 Å². The Labute approximate surface area is 214 Å². The lowest BCUT2D eigenvalue weighted by Gasteiger charge is -2.31. The molecule has 2 aliphatic heterocycles. The van der Waals surface area contributed by atoms with Gasteiger partial charge in [0.05, 0.1) is 10.7 Å². The van der Waals surface area contributed by atoms with Crippen LogP contribution in [0.3, 0.4) is 0 Å². The van der Waals surface area contributed by atoms with Crippen molar-refractivity contribution in [3.8, 4) is 0 Å². The topological polar surface area (TPSA) is 81.7 Å². The monoisotopic (exact) mass is 535 g/mol. The molecule has 4 heterocycles. The zero-order chi connectivity index (χ0) is 25.4. The average molecular weight is 536 g/mol. The van der Waals surface area contributed by atoms with E-state index in [1.165, 1.54) is 7.05 Å². The minimum absolute atomic E-state index is 0.186. The molecule has 5 rings (SSSR count). The molecule has 1 fully saturated rings. The molecule has 0 aliphatic carbocycles. The van der Waals surface area contributed by atoms with E-state index in [2.05, 4.69) is 5.16 Å². The van der Waals surface area contributed by atoms with Crippen LogP contribution in [-0.4, -0.2) is 43.7 Å². The first kappa shape index (κ1) is 24.6. The van der Waals surface area contributed by atoms with Gasteiger partial charge < -0.3 is 14.3 Å². The number of hydrogen-bond donors (Lipinski definition) is 0. The molecule has 1 saturated heterocycles. The number of amides is 1. The number of aryl methyl sites for hydroxylation is 1. The lowest BCUT2D eigenvalue weighted by atomic mass is 9.97. The summed E-state index contributed by atoms with van der Waals surface area (Å²) in [5.41, 5.74) is 1.38. The number of hydrogen-bond acceptors (Lipinski definition) is 6. The highest BCUT2D eigenvalue weighted by Gasteiger charge is 2.30. The molecule has 3 aromatic rings. The first-order valence-electron chi connectivity index (χ1n) is 11.6. The predicted octanol–water partition coefficient (Wildman–Crippen LogP) is 4.51. The van der Waals surface area contributed by atoms with E-state index in [-0.39, 0.29) is 17.9 Å². The van der Waals surface area contributed by atoms with E-state index in [4.69, 9.17) is 21.4 Å². The molecule has 2 aliphatic rings. The molecular formula is C24H24ClF2N5O3S. The Hall–Kier alpha value is -3.05. The molecule has 36 heavy (non-hydrogen) atoms. The summed E-state index contributed by atoms with van der Waals surface area (Å²) in [5.74, 6) is -0.155. The number of carbonyl (C=O) groups is 1. The Balaban J connectivity index is 1.18. The second-order valence-corrected chi connectivity index (χ2v) is 10.2. The van der Waals surface area contributed by atoms with Crippen LogP contribution < -0.4 is 5.69 Å². The van der Waals surface area contributed by atoms with Crippen molar-refractivity contribution in [1.29, 1.82) is 0 Å². The lowest BCUT2D eigenvalue weighted by molar-refractivity contribution is -0.133. The molecule has 8 nitrogen and oxygen atoms in total. The van der Waals surface area contributed by atoms with Gasteiger partial charge in [0, 0.05) is 54.6 Å². The summed E-state index contributed by atoms with van der Waals surface area (Å²) in [6.07, 6.45) is -0.00510. The highest BCUT2D eigenvalue weighted by Crippen LogP contribution is 2.35. The van der Waals surface area contributed by atoms with E-state index < -0.39 is 24.4 Å². The van der Waals surface area contributed by atoms with Gasteiger partial charge in [-0.3, -0.25) is 9.36 Å². The molecule has 190 valence electrons. The van der Waals surface area contributed by atoms with Crippen LogP contribution in [0.1, 0.15) is 59.7 Å². The molecule has 1 amide bonds. The fourth-order valence-electron chi connectivity index (χ4n) is 4.61. The third-order valence-electron chi connectivity index (χ3n) is 6.62. The molecule has 0 N–H and O–H groups in total. The van der Waals surface area contributed by atoms with E-state index in [1.54, 1.807) is 16.2 Å². The van der Waals surface area contributed by atoms with E-state index >= 15 is 0 Å².